The molecule has 0 radical (unpaired) electrons. The van der Waals surface area contributed by atoms with Crippen molar-refractivity contribution in [3.05, 3.63) is 56.8 Å². The van der Waals surface area contributed by atoms with E-state index < -0.39 is 0 Å². The second-order valence-electron chi connectivity index (χ2n) is 5.45. The maximum Gasteiger partial charge on any atom is 0.271 e. The molecule has 0 saturated carbocycles. The highest BCUT2D eigenvalue weighted by molar-refractivity contribution is 7.15. The van der Waals surface area contributed by atoms with Crippen LogP contribution in [0.3, 0.4) is 0 Å². The van der Waals surface area contributed by atoms with Gasteiger partial charge in [-0.05, 0) is 24.1 Å². The van der Waals surface area contributed by atoms with E-state index in [4.69, 9.17) is 11.6 Å². The van der Waals surface area contributed by atoms with Crippen LogP contribution in [0.15, 0.2) is 40.6 Å². The van der Waals surface area contributed by atoms with Gasteiger partial charge in [0.15, 0.2) is 4.96 Å². The smallest absolute Gasteiger partial charge is 0.271 e. The number of fused-ring (bicyclic) bond motifs is 1. The van der Waals surface area contributed by atoms with Crippen LogP contribution in [0, 0.1) is 0 Å². The molecule has 0 bridgehead atoms. The topological polar surface area (TPSA) is 54.7 Å². The molecule has 1 amide bonds. The Bertz CT molecular complexity index is 947. The highest BCUT2D eigenvalue weighted by Crippen LogP contribution is 2.25. The molecule has 24 heavy (non-hydrogen) atoms. The molecule has 3 aromatic rings. The van der Waals surface area contributed by atoms with Crippen molar-refractivity contribution in [1.82, 2.24) is 14.3 Å². The molecule has 5 nitrogen and oxygen atoms in total. The number of rotatable bonds is 4. The first-order valence-corrected chi connectivity index (χ1v) is 8.79. The molecule has 0 aliphatic rings. The van der Waals surface area contributed by atoms with Crippen molar-refractivity contribution < 1.29 is 4.79 Å². The third kappa shape index (κ3) is 2.95. The fraction of sp³-hybridized carbons (Fsp3) is 0.235. The van der Waals surface area contributed by atoms with Gasteiger partial charge in [0.05, 0.1) is 5.69 Å². The first-order valence-electron chi connectivity index (χ1n) is 7.53. The highest BCUT2D eigenvalue weighted by Gasteiger charge is 2.19. The van der Waals surface area contributed by atoms with E-state index in [1.807, 2.05) is 24.4 Å². The van der Waals surface area contributed by atoms with Crippen molar-refractivity contribution >= 4 is 33.8 Å². The van der Waals surface area contributed by atoms with E-state index in [-0.39, 0.29) is 17.0 Å². The Morgan fingerprint density at radius 3 is 2.71 bits per heavy atom. The Morgan fingerprint density at radius 2 is 2.04 bits per heavy atom. The molecule has 0 atom stereocenters. The summed E-state index contributed by atoms with van der Waals surface area (Å²) in [7, 11) is 1.69. The van der Waals surface area contributed by atoms with Gasteiger partial charge in [-0.3, -0.25) is 14.0 Å². The zero-order chi connectivity index (χ0) is 17.3. The molecule has 7 heteroatoms. The normalized spacial score (nSPS) is 11.0. The minimum absolute atomic E-state index is 0.0806. The van der Waals surface area contributed by atoms with Crippen molar-refractivity contribution in [2.24, 2.45) is 0 Å². The molecular weight excluding hydrogens is 346 g/mol. The Hall–Kier alpha value is -2.18. The van der Waals surface area contributed by atoms with Gasteiger partial charge in [0.2, 0.25) is 0 Å². The van der Waals surface area contributed by atoms with E-state index in [2.05, 4.69) is 4.98 Å². The standard InChI is InChI=1S/C17H16ClN3O2S/c1-3-8-20(2)15(22)13-9-19-17-21(16(13)23)14(10-24-17)11-4-6-12(18)7-5-11/h4-7,9-10H,3,8H2,1-2H3. The van der Waals surface area contributed by atoms with Crippen LogP contribution < -0.4 is 5.56 Å². The van der Waals surface area contributed by atoms with E-state index in [1.54, 1.807) is 24.1 Å². The number of thiazole rings is 1. The molecule has 0 fully saturated rings. The maximum atomic E-state index is 12.9. The first kappa shape index (κ1) is 16.7. The molecule has 124 valence electrons. The summed E-state index contributed by atoms with van der Waals surface area (Å²) in [5.74, 6) is -0.308. The monoisotopic (exact) mass is 361 g/mol. The van der Waals surface area contributed by atoms with Gasteiger partial charge in [-0.2, -0.15) is 0 Å². The third-order valence-electron chi connectivity index (χ3n) is 3.72. The SMILES string of the molecule is CCCN(C)C(=O)c1cnc2scc(-c3ccc(Cl)cc3)n2c1=O. The zero-order valence-electron chi connectivity index (χ0n) is 13.3. The Kier molecular flexibility index (Phi) is 4.69. The molecule has 0 unspecified atom stereocenters. The number of hydrogen-bond acceptors (Lipinski definition) is 4. The predicted octanol–water partition coefficient (Wildman–Crippen LogP) is 3.56. The summed E-state index contributed by atoms with van der Waals surface area (Å²) in [6.07, 6.45) is 2.20. The minimum atomic E-state index is -0.348. The van der Waals surface area contributed by atoms with Crippen LogP contribution in [-0.4, -0.2) is 33.8 Å². The summed E-state index contributed by atoms with van der Waals surface area (Å²) in [5.41, 5.74) is 1.29. The van der Waals surface area contributed by atoms with Crippen LogP contribution in [0.2, 0.25) is 5.02 Å². The average Bonchev–Trinajstić information content (AvgIpc) is 3.00. The van der Waals surface area contributed by atoms with E-state index in [9.17, 15) is 9.59 Å². The van der Waals surface area contributed by atoms with E-state index in [1.165, 1.54) is 21.9 Å². The number of hydrogen-bond donors (Lipinski definition) is 0. The predicted molar refractivity (Wildman–Crippen MR) is 97.0 cm³/mol. The van der Waals surface area contributed by atoms with Gasteiger partial charge >= 0.3 is 0 Å². The van der Waals surface area contributed by atoms with Crippen LogP contribution in [0.5, 0.6) is 0 Å². The number of aromatic nitrogens is 2. The summed E-state index contributed by atoms with van der Waals surface area (Å²) in [4.78, 5) is 31.7. The number of carbonyl (C=O) groups is 1. The van der Waals surface area contributed by atoms with Crippen LogP contribution in [0.25, 0.3) is 16.2 Å². The van der Waals surface area contributed by atoms with Crippen LogP contribution >= 0.6 is 22.9 Å². The Labute approximate surface area is 148 Å². The average molecular weight is 362 g/mol. The lowest BCUT2D eigenvalue weighted by molar-refractivity contribution is 0.0793. The number of amides is 1. The molecule has 2 heterocycles. The third-order valence-corrected chi connectivity index (χ3v) is 4.81. The summed E-state index contributed by atoms with van der Waals surface area (Å²) in [6, 6.07) is 7.22. The van der Waals surface area contributed by atoms with Crippen LogP contribution in [0.1, 0.15) is 23.7 Å². The lowest BCUT2D eigenvalue weighted by Gasteiger charge is -2.15. The van der Waals surface area contributed by atoms with E-state index in [0.717, 1.165) is 12.0 Å². The second-order valence-corrected chi connectivity index (χ2v) is 6.72. The van der Waals surface area contributed by atoms with Crippen molar-refractivity contribution in [2.45, 2.75) is 13.3 Å². The van der Waals surface area contributed by atoms with Gasteiger partial charge in [-0.15, -0.1) is 11.3 Å². The first-order chi connectivity index (χ1) is 11.5. The van der Waals surface area contributed by atoms with Gasteiger partial charge < -0.3 is 4.90 Å². The molecule has 3 rings (SSSR count). The van der Waals surface area contributed by atoms with Crippen molar-refractivity contribution in [2.75, 3.05) is 13.6 Å². The van der Waals surface area contributed by atoms with E-state index in [0.29, 0.717) is 22.2 Å². The molecule has 2 aromatic heterocycles. The highest BCUT2D eigenvalue weighted by atomic mass is 35.5. The number of benzene rings is 1. The fourth-order valence-corrected chi connectivity index (χ4v) is 3.49. The molecular formula is C17H16ClN3O2S. The maximum absolute atomic E-state index is 12.9. The van der Waals surface area contributed by atoms with Crippen molar-refractivity contribution in [1.29, 1.82) is 0 Å². The van der Waals surface area contributed by atoms with Crippen LogP contribution in [-0.2, 0) is 0 Å². The Morgan fingerprint density at radius 1 is 1.33 bits per heavy atom. The van der Waals surface area contributed by atoms with Crippen LogP contribution in [0.4, 0.5) is 0 Å². The lowest BCUT2D eigenvalue weighted by atomic mass is 10.2. The number of halogens is 1. The summed E-state index contributed by atoms with van der Waals surface area (Å²) in [6.45, 7) is 2.57. The van der Waals surface area contributed by atoms with Gasteiger partial charge in [-0.1, -0.05) is 30.7 Å². The number of nitrogens with zero attached hydrogens (tertiary/aromatic N) is 3. The van der Waals surface area contributed by atoms with Crippen molar-refractivity contribution in [3.63, 3.8) is 0 Å². The Balaban J connectivity index is 2.14. The molecule has 0 N–H and O–H groups in total. The van der Waals surface area contributed by atoms with Gasteiger partial charge in [-0.25, -0.2) is 4.98 Å². The van der Waals surface area contributed by atoms with Gasteiger partial charge in [0, 0.05) is 30.2 Å². The summed E-state index contributed by atoms with van der Waals surface area (Å²) < 4.78 is 1.49. The molecule has 0 saturated heterocycles. The van der Waals surface area contributed by atoms with Gasteiger partial charge in [0.25, 0.3) is 11.5 Å². The lowest BCUT2D eigenvalue weighted by Crippen LogP contribution is -2.33. The fourth-order valence-electron chi connectivity index (χ4n) is 2.50. The second kappa shape index (κ2) is 6.75. The molecule has 0 aliphatic heterocycles. The minimum Gasteiger partial charge on any atom is -0.341 e. The zero-order valence-corrected chi connectivity index (χ0v) is 14.9. The van der Waals surface area contributed by atoms with Crippen molar-refractivity contribution in [3.8, 4) is 11.3 Å². The number of carbonyl (C=O) groups excluding carboxylic acids is 1. The van der Waals surface area contributed by atoms with E-state index >= 15 is 0 Å². The summed E-state index contributed by atoms with van der Waals surface area (Å²) in [5, 5.41) is 2.48. The quantitative estimate of drug-likeness (QED) is 0.714. The molecule has 0 aliphatic carbocycles. The molecule has 1 aromatic carbocycles. The van der Waals surface area contributed by atoms with Gasteiger partial charge in [0.1, 0.15) is 5.56 Å². The summed E-state index contributed by atoms with van der Waals surface area (Å²) >= 11 is 7.29. The largest absolute Gasteiger partial charge is 0.341 e. The molecule has 0 spiro atoms.